The molecule has 0 saturated carbocycles. The standard InChI is InChI=1S/C11H15NO4/c1-6-16-11(15)12(9(13)7(2)3)10(14)8(4)5/h2,4,6H2,1,3,5H3. The largest absolute Gasteiger partial charge is 0.449 e. The molecule has 0 saturated heterocycles. The summed E-state index contributed by atoms with van der Waals surface area (Å²) in [5, 5.41) is 0. The van der Waals surface area contributed by atoms with Gasteiger partial charge in [0.1, 0.15) is 0 Å². The molecule has 0 aromatic rings. The lowest BCUT2D eigenvalue weighted by Gasteiger charge is -2.18. The van der Waals surface area contributed by atoms with Gasteiger partial charge >= 0.3 is 6.09 Å². The highest BCUT2D eigenvalue weighted by atomic mass is 16.6. The van der Waals surface area contributed by atoms with Crippen LogP contribution >= 0.6 is 0 Å². The van der Waals surface area contributed by atoms with Crippen molar-refractivity contribution >= 4 is 17.9 Å². The Morgan fingerprint density at radius 1 is 1.06 bits per heavy atom. The number of imide groups is 3. The maximum Gasteiger partial charge on any atom is 0.424 e. The van der Waals surface area contributed by atoms with E-state index in [9.17, 15) is 14.4 Å². The molecule has 0 aromatic carbocycles. The molecule has 0 atom stereocenters. The minimum absolute atomic E-state index is 0.0717. The van der Waals surface area contributed by atoms with E-state index in [2.05, 4.69) is 17.9 Å². The molecule has 88 valence electrons. The van der Waals surface area contributed by atoms with Gasteiger partial charge in [0, 0.05) is 11.1 Å². The highest BCUT2D eigenvalue weighted by molar-refractivity contribution is 6.18. The molecule has 0 rings (SSSR count). The Morgan fingerprint density at radius 3 is 1.69 bits per heavy atom. The Hall–Kier alpha value is -1.91. The quantitative estimate of drug-likeness (QED) is 0.685. The van der Waals surface area contributed by atoms with E-state index < -0.39 is 17.9 Å². The summed E-state index contributed by atoms with van der Waals surface area (Å²) in [6, 6.07) is 0. The lowest BCUT2D eigenvalue weighted by molar-refractivity contribution is -0.137. The SMILES string of the molecule is C=C(C)C(=O)N(C(=O)OCC)C(=O)C(=C)C. The van der Waals surface area contributed by atoms with E-state index in [1.165, 1.54) is 13.8 Å². The Labute approximate surface area is 94.4 Å². The van der Waals surface area contributed by atoms with Crippen LogP contribution in [0, 0.1) is 0 Å². The second-order valence-corrected chi connectivity index (χ2v) is 3.21. The van der Waals surface area contributed by atoms with Crippen LogP contribution in [-0.2, 0) is 14.3 Å². The second kappa shape index (κ2) is 5.85. The van der Waals surface area contributed by atoms with Crippen molar-refractivity contribution in [1.82, 2.24) is 4.90 Å². The molecule has 0 aliphatic heterocycles. The molecule has 3 amide bonds. The predicted octanol–water partition coefficient (Wildman–Crippen LogP) is 1.65. The van der Waals surface area contributed by atoms with Gasteiger partial charge in [0.05, 0.1) is 6.61 Å². The van der Waals surface area contributed by atoms with Crippen molar-refractivity contribution in [3.05, 3.63) is 24.3 Å². The number of carbonyl (C=O) groups is 3. The third-order valence-corrected chi connectivity index (χ3v) is 1.59. The van der Waals surface area contributed by atoms with Crippen LogP contribution in [0.3, 0.4) is 0 Å². The number of amides is 3. The molecule has 0 unspecified atom stereocenters. The monoisotopic (exact) mass is 225 g/mol. The summed E-state index contributed by atoms with van der Waals surface area (Å²) in [7, 11) is 0. The summed E-state index contributed by atoms with van der Waals surface area (Å²) in [6.45, 7) is 11.2. The molecule has 5 nitrogen and oxygen atoms in total. The molecule has 0 aliphatic rings. The average molecular weight is 225 g/mol. The maximum atomic E-state index is 11.6. The van der Waals surface area contributed by atoms with Gasteiger partial charge in [-0.15, -0.1) is 0 Å². The Balaban J connectivity index is 5.13. The van der Waals surface area contributed by atoms with Gasteiger partial charge in [-0.3, -0.25) is 9.59 Å². The lowest BCUT2D eigenvalue weighted by Crippen LogP contribution is -2.42. The molecule has 0 fully saturated rings. The van der Waals surface area contributed by atoms with Gasteiger partial charge in [-0.1, -0.05) is 13.2 Å². The molecule has 0 aliphatic carbocycles. The zero-order valence-corrected chi connectivity index (χ0v) is 9.70. The molecular weight excluding hydrogens is 210 g/mol. The number of ether oxygens (including phenoxy) is 1. The van der Waals surface area contributed by atoms with Crippen molar-refractivity contribution in [2.45, 2.75) is 20.8 Å². The third kappa shape index (κ3) is 3.34. The number of hydrogen-bond donors (Lipinski definition) is 0. The zero-order chi connectivity index (χ0) is 12.9. The normalized spacial score (nSPS) is 9.19. The van der Waals surface area contributed by atoms with Gasteiger partial charge in [-0.05, 0) is 20.8 Å². The highest BCUT2D eigenvalue weighted by Crippen LogP contribution is 2.07. The molecule has 0 heterocycles. The summed E-state index contributed by atoms with van der Waals surface area (Å²) in [5.74, 6) is -1.57. The first-order valence-electron chi connectivity index (χ1n) is 4.69. The average Bonchev–Trinajstić information content (AvgIpc) is 2.17. The van der Waals surface area contributed by atoms with Crippen LogP contribution in [0.25, 0.3) is 0 Å². The van der Waals surface area contributed by atoms with Gasteiger partial charge < -0.3 is 4.74 Å². The van der Waals surface area contributed by atoms with Crippen molar-refractivity contribution in [1.29, 1.82) is 0 Å². The second-order valence-electron chi connectivity index (χ2n) is 3.21. The molecular formula is C11H15NO4. The van der Waals surface area contributed by atoms with Gasteiger partial charge in [0.15, 0.2) is 0 Å². The van der Waals surface area contributed by atoms with Crippen molar-refractivity contribution in [3.63, 3.8) is 0 Å². The lowest BCUT2D eigenvalue weighted by atomic mass is 10.2. The summed E-state index contributed by atoms with van der Waals surface area (Å²) in [5.41, 5.74) is 0.144. The van der Waals surface area contributed by atoms with Crippen LogP contribution in [0.15, 0.2) is 24.3 Å². The van der Waals surface area contributed by atoms with E-state index >= 15 is 0 Å². The van der Waals surface area contributed by atoms with E-state index in [0.717, 1.165) is 0 Å². The van der Waals surface area contributed by atoms with E-state index in [1.807, 2.05) is 0 Å². The summed E-state index contributed by atoms with van der Waals surface area (Å²) < 4.78 is 4.61. The van der Waals surface area contributed by atoms with Crippen molar-refractivity contribution in [3.8, 4) is 0 Å². The molecule has 5 heteroatoms. The van der Waals surface area contributed by atoms with Crippen LogP contribution in [0.4, 0.5) is 4.79 Å². The van der Waals surface area contributed by atoms with Crippen LogP contribution in [0.2, 0.25) is 0 Å². The van der Waals surface area contributed by atoms with Crippen LogP contribution in [0.1, 0.15) is 20.8 Å². The fourth-order valence-electron chi connectivity index (χ4n) is 0.828. The van der Waals surface area contributed by atoms with Gasteiger partial charge in [0.25, 0.3) is 11.8 Å². The number of hydrogen-bond acceptors (Lipinski definition) is 4. The van der Waals surface area contributed by atoms with Crippen LogP contribution in [-0.4, -0.2) is 29.4 Å². The first-order valence-corrected chi connectivity index (χ1v) is 4.69. The zero-order valence-electron chi connectivity index (χ0n) is 9.70. The molecule has 0 aromatic heterocycles. The van der Waals surface area contributed by atoms with Crippen molar-refractivity contribution < 1.29 is 19.1 Å². The fourth-order valence-corrected chi connectivity index (χ4v) is 0.828. The Morgan fingerprint density at radius 2 is 1.44 bits per heavy atom. The molecule has 16 heavy (non-hydrogen) atoms. The summed E-state index contributed by atoms with van der Waals surface area (Å²) >= 11 is 0. The topological polar surface area (TPSA) is 63.7 Å². The van der Waals surface area contributed by atoms with Gasteiger partial charge in [-0.2, -0.15) is 4.90 Å². The number of carbonyl (C=O) groups excluding carboxylic acids is 3. The van der Waals surface area contributed by atoms with Gasteiger partial charge in [-0.25, -0.2) is 4.79 Å². The van der Waals surface area contributed by atoms with E-state index in [0.29, 0.717) is 4.90 Å². The minimum atomic E-state index is -1.01. The molecule has 0 bridgehead atoms. The third-order valence-electron chi connectivity index (χ3n) is 1.59. The predicted molar refractivity (Wildman–Crippen MR) is 58.5 cm³/mol. The first-order chi connectivity index (χ1) is 7.32. The maximum absolute atomic E-state index is 11.6. The number of nitrogens with zero attached hydrogens (tertiary/aromatic N) is 1. The fraction of sp³-hybridized carbons (Fsp3) is 0.364. The highest BCUT2D eigenvalue weighted by Gasteiger charge is 2.30. The first kappa shape index (κ1) is 14.1. The molecule has 0 spiro atoms. The smallest absolute Gasteiger partial charge is 0.424 e. The molecule has 0 N–H and O–H groups in total. The molecule has 0 radical (unpaired) electrons. The van der Waals surface area contributed by atoms with Crippen molar-refractivity contribution in [2.75, 3.05) is 6.61 Å². The van der Waals surface area contributed by atoms with Crippen LogP contribution < -0.4 is 0 Å². The van der Waals surface area contributed by atoms with E-state index in [-0.39, 0.29) is 17.8 Å². The van der Waals surface area contributed by atoms with Crippen molar-refractivity contribution in [2.24, 2.45) is 0 Å². The van der Waals surface area contributed by atoms with Crippen LogP contribution in [0.5, 0.6) is 0 Å². The van der Waals surface area contributed by atoms with E-state index in [4.69, 9.17) is 0 Å². The Bertz CT molecular complexity index is 331. The Kier molecular flexibility index (Phi) is 5.15. The van der Waals surface area contributed by atoms with E-state index in [1.54, 1.807) is 6.92 Å². The minimum Gasteiger partial charge on any atom is -0.449 e. The summed E-state index contributed by atoms with van der Waals surface area (Å²) in [6.07, 6.45) is -1.01. The van der Waals surface area contributed by atoms with Gasteiger partial charge in [0.2, 0.25) is 0 Å². The summed E-state index contributed by atoms with van der Waals surface area (Å²) in [4.78, 5) is 34.9. The number of rotatable bonds is 3.